The third kappa shape index (κ3) is 2.90. The summed E-state index contributed by atoms with van der Waals surface area (Å²) in [5.74, 6) is -4.96. The molecule has 0 unspecified atom stereocenters. The molecule has 0 radical (unpaired) electrons. The summed E-state index contributed by atoms with van der Waals surface area (Å²) in [4.78, 5) is 0. The lowest BCUT2D eigenvalue weighted by Gasteiger charge is -2.08. The molecule has 23 heavy (non-hydrogen) atoms. The molecule has 0 saturated heterocycles. The summed E-state index contributed by atoms with van der Waals surface area (Å²) in [6, 6.07) is 12.6. The number of hydrogen-bond donors (Lipinski definition) is 1. The second-order valence-corrected chi connectivity index (χ2v) is 5.07. The van der Waals surface area contributed by atoms with Crippen molar-refractivity contribution in [3.05, 3.63) is 77.9 Å². The lowest BCUT2D eigenvalue weighted by molar-refractivity contribution is 0.447. The molecule has 0 aliphatic heterocycles. The van der Waals surface area contributed by atoms with Gasteiger partial charge in [0, 0.05) is 11.3 Å². The summed E-state index contributed by atoms with van der Waals surface area (Å²) >= 11 is 0. The Kier molecular flexibility index (Phi) is 3.78. The molecule has 0 atom stereocenters. The molecule has 3 rings (SSSR count). The third-order valence-electron chi connectivity index (χ3n) is 3.51. The molecule has 116 valence electrons. The number of halogens is 4. The monoisotopic (exact) mass is 317 g/mol. The Morgan fingerprint density at radius 2 is 1.09 bits per heavy atom. The number of benzene rings is 3. The summed E-state index contributed by atoms with van der Waals surface area (Å²) in [7, 11) is 0. The Hall–Kier alpha value is -2.82. The van der Waals surface area contributed by atoms with Gasteiger partial charge in [0.15, 0.2) is 17.5 Å². The highest BCUT2D eigenvalue weighted by atomic mass is 19.2. The van der Waals surface area contributed by atoms with Gasteiger partial charge in [0.05, 0.1) is 0 Å². The molecule has 0 aliphatic carbocycles. The van der Waals surface area contributed by atoms with Gasteiger partial charge in [0.2, 0.25) is 0 Å². The van der Waals surface area contributed by atoms with Crippen LogP contribution in [-0.4, -0.2) is 0 Å². The van der Waals surface area contributed by atoms with Crippen molar-refractivity contribution in [3.63, 3.8) is 0 Å². The van der Waals surface area contributed by atoms with Gasteiger partial charge in [0.25, 0.3) is 0 Å². The fourth-order valence-electron chi connectivity index (χ4n) is 2.32. The standard InChI is InChI=1S/C18H11F4N/c19-15-7-11(10-1-4-13(23)5-2-10)3-6-14(15)12-8-16(20)18(22)17(21)9-12/h1-9H,23H2. The van der Waals surface area contributed by atoms with Gasteiger partial charge in [-0.15, -0.1) is 0 Å². The number of nitrogens with two attached hydrogens (primary N) is 1. The first-order chi connectivity index (χ1) is 11.0. The van der Waals surface area contributed by atoms with Crippen LogP contribution in [0, 0.1) is 23.3 Å². The van der Waals surface area contributed by atoms with E-state index in [4.69, 9.17) is 5.73 Å². The largest absolute Gasteiger partial charge is 0.399 e. The molecule has 0 heterocycles. The van der Waals surface area contributed by atoms with Crippen molar-refractivity contribution in [2.75, 3.05) is 5.73 Å². The van der Waals surface area contributed by atoms with E-state index in [2.05, 4.69) is 0 Å². The van der Waals surface area contributed by atoms with Gasteiger partial charge in [-0.05, 0) is 47.0 Å². The van der Waals surface area contributed by atoms with Gasteiger partial charge in [-0.3, -0.25) is 0 Å². The van der Waals surface area contributed by atoms with Crippen LogP contribution in [0.1, 0.15) is 0 Å². The maximum Gasteiger partial charge on any atom is 0.194 e. The molecule has 0 bridgehead atoms. The Balaban J connectivity index is 2.04. The summed E-state index contributed by atoms with van der Waals surface area (Å²) in [6.07, 6.45) is 0. The van der Waals surface area contributed by atoms with Crippen molar-refractivity contribution >= 4 is 5.69 Å². The highest BCUT2D eigenvalue weighted by Crippen LogP contribution is 2.30. The summed E-state index contributed by atoms with van der Waals surface area (Å²) < 4.78 is 53.9. The minimum atomic E-state index is -1.58. The molecule has 0 aliphatic rings. The average Bonchev–Trinajstić information content (AvgIpc) is 2.53. The number of anilines is 1. The molecule has 0 amide bonds. The van der Waals surface area contributed by atoms with E-state index in [9.17, 15) is 17.6 Å². The molecule has 3 aromatic carbocycles. The molecule has 2 N–H and O–H groups in total. The average molecular weight is 317 g/mol. The molecule has 5 heteroatoms. The van der Waals surface area contributed by atoms with Crippen LogP contribution in [0.2, 0.25) is 0 Å². The van der Waals surface area contributed by atoms with Crippen LogP contribution in [-0.2, 0) is 0 Å². The quantitative estimate of drug-likeness (QED) is 0.394. The predicted octanol–water partition coefficient (Wildman–Crippen LogP) is 5.16. The van der Waals surface area contributed by atoms with Crippen molar-refractivity contribution in [2.24, 2.45) is 0 Å². The molecule has 0 aromatic heterocycles. The van der Waals surface area contributed by atoms with Gasteiger partial charge >= 0.3 is 0 Å². The lowest BCUT2D eigenvalue weighted by atomic mass is 9.99. The molecular formula is C18H11F4N. The van der Waals surface area contributed by atoms with E-state index in [0.29, 0.717) is 11.3 Å². The number of hydrogen-bond acceptors (Lipinski definition) is 1. The lowest BCUT2D eigenvalue weighted by Crippen LogP contribution is -1.94. The summed E-state index contributed by atoms with van der Waals surface area (Å²) in [5, 5.41) is 0. The van der Waals surface area contributed by atoms with Crippen LogP contribution in [0.3, 0.4) is 0 Å². The van der Waals surface area contributed by atoms with E-state index in [1.54, 1.807) is 30.3 Å². The minimum Gasteiger partial charge on any atom is -0.399 e. The van der Waals surface area contributed by atoms with Gasteiger partial charge in [-0.2, -0.15) is 0 Å². The second-order valence-electron chi connectivity index (χ2n) is 5.07. The van der Waals surface area contributed by atoms with Gasteiger partial charge < -0.3 is 5.73 Å². The maximum atomic E-state index is 14.3. The van der Waals surface area contributed by atoms with Crippen LogP contribution in [0.4, 0.5) is 23.2 Å². The zero-order valence-corrected chi connectivity index (χ0v) is 11.8. The van der Waals surface area contributed by atoms with E-state index >= 15 is 0 Å². The van der Waals surface area contributed by atoms with Crippen molar-refractivity contribution in [2.45, 2.75) is 0 Å². The molecule has 0 saturated carbocycles. The van der Waals surface area contributed by atoms with Crippen LogP contribution in [0.5, 0.6) is 0 Å². The molecule has 3 aromatic rings. The smallest absolute Gasteiger partial charge is 0.194 e. The Morgan fingerprint density at radius 3 is 1.65 bits per heavy atom. The summed E-state index contributed by atoms with van der Waals surface area (Å²) in [6.45, 7) is 0. The van der Waals surface area contributed by atoms with Crippen molar-refractivity contribution in [1.82, 2.24) is 0 Å². The Morgan fingerprint density at radius 1 is 0.565 bits per heavy atom. The molecule has 0 fully saturated rings. The van der Waals surface area contributed by atoms with Gasteiger partial charge in [-0.1, -0.05) is 24.3 Å². The third-order valence-corrected chi connectivity index (χ3v) is 3.51. The topological polar surface area (TPSA) is 26.0 Å². The minimum absolute atomic E-state index is 0.0120. The van der Waals surface area contributed by atoms with Crippen LogP contribution >= 0.6 is 0 Å². The van der Waals surface area contributed by atoms with E-state index < -0.39 is 23.3 Å². The first-order valence-electron chi connectivity index (χ1n) is 6.76. The number of nitrogen functional groups attached to an aromatic ring is 1. The Labute approximate surface area is 130 Å². The Bertz CT molecular complexity index is 850. The van der Waals surface area contributed by atoms with Crippen molar-refractivity contribution < 1.29 is 17.6 Å². The van der Waals surface area contributed by atoms with E-state index in [-0.39, 0.29) is 11.1 Å². The first kappa shape index (κ1) is 15.1. The highest BCUT2D eigenvalue weighted by Gasteiger charge is 2.14. The first-order valence-corrected chi connectivity index (χ1v) is 6.76. The summed E-state index contributed by atoms with van der Waals surface area (Å²) in [5.41, 5.74) is 7.45. The normalized spacial score (nSPS) is 10.8. The number of rotatable bonds is 2. The SMILES string of the molecule is Nc1ccc(-c2ccc(-c3cc(F)c(F)c(F)c3)c(F)c2)cc1. The molecule has 1 nitrogen and oxygen atoms in total. The van der Waals surface area contributed by atoms with Crippen LogP contribution in [0.15, 0.2) is 54.6 Å². The van der Waals surface area contributed by atoms with Crippen LogP contribution < -0.4 is 5.73 Å². The fourth-order valence-corrected chi connectivity index (χ4v) is 2.32. The van der Waals surface area contributed by atoms with E-state index in [0.717, 1.165) is 17.7 Å². The molecule has 0 spiro atoms. The van der Waals surface area contributed by atoms with E-state index in [1.165, 1.54) is 12.1 Å². The molecular weight excluding hydrogens is 306 g/mol. The predicted molar refractivity (Wildman–Crippen MR) is 81.6 cm³/mol. The van der Waals surface area contributed by atoms with Gasteiger partial charge in [0.1, 0.15) is 5.82 Å². The zero-order chi connectivity index (χ0) is 16.6. The van der Waals surface area contributed by atoms with Gasteiger partial charge in [-0.25, -0.2) is 17.6 Å². The maximum absolute atomic E-state index is 14.3. The van der Waals surface area contributed by atoms with Crippen LogP contribution in [0.25, 0.3) is 22.3 Å². The van der Waals surface area contributed by atoms with Crippen molar-refractivity contribution in [1.29, 1.82) is 0 Å². The zero-order valence-electron chi connectivity index (χ0n) is 11.8. The highest BCUT2D eigenvalue weighted by molar-refractivity contribution is 5.71. The van der Waals surface area contributed by atoms with Crippen molar-refractivity contribution in [3.8, 4) is 22.3 Å². The fraction of sp³-hybridized carbons (Fsp3) is 0. The second kappa shape index (κ2) is 5.76. The van der Waals surface area contributed by atoms with E-state index in [1.807, 2.05) is 0 Å².